The normalized spacial score (nSPS) is 23.9. The van der Waals surface area contributed by atoms with Crippen LogP contribution in [-0.4, -0.2) is 60.5 Å². The highest BCUT2D eigenvalue weighted by Gasteiger charge is 2.29. The molecule has 0 aromatic rings. The third-order valence-electron chi connectivity index (χ3n) is 4.19. The number of nitrogens with one attached hydrogen (secondary N) is 1. The van der Waals surface area contributed by atoms with Crippen molar-refractivity contribution in [3.8, 4) is 0 Å². The zero-order chi connectivity index (χ0) is 13.0. The van der Waals surface area contributed by atoms with E-state index in [1.54, 1.807) is 0 Å². The van der Waals surface area contributed by atoms with Gasteiger partial charge in [-0.2, -0.15) is 0 Å². The number of hydrogen-bond donors (Lipinski definition) is 1. The van der Waals surface area contributed by atoms with Crippen LogP contribution in [0.1, 0.15) is 39.5 Å². The van der Waals surface area contributed by atoms with E-state index in [-0.39, 0.29) is 0 Å². The standard InChI is InChI=1S/C14H27N3O/c1-3-16(4-2)13-8-10-17(11-13)14(18)7-9-15-12-5-6-12/h12-13,15H,3-11H2,1-2H3. The van der Waals surface area contributed by atoms with Gasteiger partial charge in [0.2, 0.25) is 5.91 Å². The van der Waals surface area contributed by atoms with Crippen LogP contribution >= 0.6 is 0 Å². The highest BCUT2D eigenvalue weighted by atomic mass is 16.2. The molecular formula is C14H27N3O. The second-order valence-corrected chi connectivity index (χ2v) is 5.48. The van der Waals surface area contributed by atoms with Crippen molar-refractivity contribution < 1.29 is 4.79 Å². The Morgan fingerprint density at radius 3 is 2.61 bits per heavy atom. The first-order valence-corrected chi connectivity index (χ1v) is 7.49. The van der Waals surface area contributed by atoms with E-state index in [1.165, 1.54) is 12.8 Å². The van der Waals surface area contributed by atoms with Gasteiger partial charge >= 0.3 is 0 Å². The van der Waals surface area contributed by atoms with E-state index in [1.807, 2.05) is 0 Å². The minimum Gasteiger partial charge on any atom is -0.341 e. The molecule has 1 unspecified atom stereocenters. The molecule has 0 aromatic carbocycles. The van der Waals surface area contributed by atoms with Gasteiger partial charge in [-0.15, -0.1) is 0 Å². The maximum atomic E-state index is 12.1. The Hall–Kier alpha value is -0.610. The Morgan fingerprint density at radius 2 is 2.00 bits per heavy atom. The van der Waals surface area contributed by atoms with Gasteiger partial charge in [0, 0.05) is 38.1 Å². The molecule has 1 saturated carbocycles. The summed E-state index contributed by atoms with van der Waals surface area (Å²) in [7, 11) is 0. The Balaban J connectivity index is 1.68. The number of rotatable bonds is 7. The molecule has 0 aromatic heterocycles. The van der Waals surface area contributed by atoms with Crippen LogP contribution in [0.15, 0.2) is 0 Å². The molecule has 18 heavy (non-hydrogen) atoms. The zero-order valence-corrected chi connectivity index (χ0v) is 11.8. The maximum absolute atomic E-state index is 12.1. The summed E-state index contributed by atoms with van der Waals surface area (Å²) in [5.74, 6) is 0.331. The molecule has 1 atom stereocenters. The molecular weight excluding hydrogens is 226 g/mol. The molecule has 1 aliphatic heterocycles. The summed E-state index contributed by atoms with van der Waals surface area (Å²) >= 11 is 0. The zero-order valence-electron chi connectivity index (χ0n) is 11.8. The number of carbonyl (C=O) groups is 1. The molecule has 104 valence electrons. The van der Waals surface area contributed by atoms with Gasteiger partial charge in [0.25, 0.3) is 0 Å². The van der Waals surface area contributed by atoms with Gasteiger partial charge in [-0.3, -0.25) is 9.69 Å². The van der Waals surface area contributed by atoms with Crippen molar-refractivity contribution in [1.29, 1.82) is 0 Å². The molecule has 4 heteroatoms. The lowest BCUT2D eigenvalue weighted by Gasteiger charge is -2.26. The molecule has 1 N–H and O–H groups in total. The lowest BCUT2D eigenvalue weighted by Crippen LogP contribution is -2.39. The predicted octanol–water partition coefficient (Wildman–Crippen LogP) is 1.07. The number of amides is 1. The van der Waals surface area contributed by atoms with E-state index in [0.717, 1.165) is 39.1 Å². The third-order valence-corrected chi connectivity index (χ3v) is 4.19. The molecule has 4 nitrogen and oxygen atoms in total. The van der Waals surface area contributed by atoms with Gasteiger partial charge in [-0.25, -0.2) is 0 Å². The molecule has 1 heterocycles. The maximum Gasteiger partial charge on any atom is 0.223 e. The smallest absolute Gasteiger partial charge is 0.223 e. The van der Waals surface area contributed by atoms with E-state index in [0.29, 0.717) is 24.4 Å². The van der Waals surface area contributed by atoms with Gasteiger partial charge < -0.3 is 10.2 Å². The fourth-order valence-electron chi connectivity index (χ4n) is 2.84. The third kappa shape index (κ3) is 3.69. The van der Waals surface area contributed by atoms with Gasteiger partial charge in [-0.1, -0.05) is 13.8 Å². The summed E-state index contributed by atoms with van der Waals surface area (Å²) in [6.45, 7) is 9.32. The topological polar surface area (TPSA) is 35.6 Å². The van der Waals surface area contributed by atoms with Crippen LogP contribution in [0, 0.1) is 0 Å². The van der Waals surface area contributed by atoms with Crippen molar-refractivity contribution in [1.82, 2.24) is 15.1 Å². The minimum absolute atomic E-state index is 0.331. The van der Waals surface area contributed by atoms with E-state index < -0.39 is 0 Å². The molecule has 1 aliphatic carbocycles. The summed E-state index contributed by atoms with van der Waals surface area (Å²) in [4.78, 5) is 16.6. The van der Waals surface area contributed by atoms with E-state index in [2.05, 4.69) is 29.0 Å². The lowest BCUT2D eigenvalue weighted by atomic mass is 10.2. The van der Waals surface area contributed by atoms with Crippen molar-refractivity contribution in [2.24, 2.45) is 0 Å². The average Bonchev–Trinajstić information content (AvgIpc) is 3.06. The fraction of sp³-hybridized carbons (Fsp3) is 0.929. The Kier molecular flexibility index (Phi) is 5.01. The minimum atomic E-state index is 0.331. The summed E-state index contributed by atoms with van der Waals surface area (Å²) < 4.78 is 0. The fourth-order valence-corrected chi connectivity index (χ4v) is 2.84. The number of hydrogen-bond acceptors (Lipinski definition) is 3. The monoisotopic (exact) mass is 253 g/mol. The number of likely N-dealkylation sites (N-methyl/N-ethyl adjacent to an activating group) is 1. The molecule has 1 saturated heterocycles. The molecule has 0 bridgehead atoms. The number of likely N-dealkylation sites (tertiary alicyclic amines) is 1. The second-order valence-electron chi connectivity index (χ2n) is 5.48. The van der Waals surface area contributed by atoms with Crippen molar-refractivity contribution in [2.45, 2.75) is 51.6 Å². The summed E-state index contributed by atoms with van der Waals surface area (Å²) in [6, 6.07) is 1.29. The van der Waals surface area contributed by atoms with Crippen molar-refractivity contribution in [3.05, 3.63) is 0 Å². The first kappa shape index (κ1) is 13.8. The number of nitrogens with zero attached hydrogens (tertiary/aromatic N) is 2. The van der Waals surface area contributed by atoms with Gasteiger partial charge in [-0.05, 0) is 32.4 Å². The lowest BCUT2D eigenvalue weighted by molar-refractivity contribution is -0.130. The van der Waals surface area contributed by atoms with Crippen molar-refractivity contribution >= 4 is 5.91 Å². The van der Waals surface area contributed by atoms with Crippen molar-refractivity contribution in [3.63, 3.8) is 0 Å². The quantitative estimate of drug-likeness (QED) is 0.737. The Labute approximate surface area is 111 Å². The van der Waals surface area contributed by atoms with Crippen LogP contribution in [0.4, 0.5) is 0 Å². The van der Waals surface area contributed by atoms with Crippen LogP contribution in [-0.2, 0) is 4.79 Å². The van der Waals surface area contributed by atoms with Crippen LogP contribution in [0.5, 0.6) is 0 Å². The van der Waals surface area contributed by atoms with E-state index >= 15 is 0 Å². The summed E-state index contributed by atoms with van der Waals surface area (Å²) in [5, 5.41) is 3.41. The van der Waals surface area contributed by atoms with Crippen molar-refractivity contribution in [2.75, 3.05) is 32.7 Å². The molecule has 0 spiro atoms. The van der Waals surface area contributed by atoms with Crippen LogP contribution in [0.2, 0.25) is 0 Å². The molecule has 2 fully saturated rings. The number of carbonyl (C=O) groups excluding carboxylic acids is 1. The largest absolute Gasteiger partial charge is 0.341 e. The molecule has 2 aliphatic rings. The molecule has 1 amide bonds. The summed E-state index contributed by atoms with van der Waals surface area (Å²) in [5.41, 5.74) is 0. The Morgan fingerprint density at radius 1 is 1.28 bits per heavy atom. The van der Waals surface area contributed by atoms with E-state index in [9.17, 15) is 4.79 Å². The van der Waals surface area contributed by atoms with Crippen LogP contribution in [0.25, 0.3) is 0 Å². The summed E-state index contributed by atoms with van der Waals surface area (Å²) in [6.07, 6.45) is 4.40. The highest BCUT2D eigenvalue weighted by molar-refractivity contribution is 5.76. The van der Waals surface area contributed by atoms with Gasteiger partial charge in [0.15, 0.2) is 0 Å². The highest BCUT2D eigenvalue weighted by Crippen LogP contribution is 2.19. The second kappa shape index (κ2) is 6.53. The van der Waals surface area contributed by atoms with E-state index in [4.69, 9.17) is 0 Å². The van der Waals surface area contributed by atoms with Crippen LogP contribution in [0.3, 0.4) is 0 Å². The molecule has 0 radical (unpaired) electrons. The average molecular weight is 253 g/mol. The SMILES string of the molecule is CCN(CC)C1CCN(C(=O)CCNC2CC2)C1. The first-order chi connectivity index (χ1) is 8.74. The van der Waals surface area contributed by atoms with Gasteiger partial charge in [0.05, 0.1) is 0 Å². The Bertz CT molecular complexity index is 274. The first-order valence-electron chi connectivity index (χ1n) is 7.49. The molecule has 2 rings (SSSR count). The predicted molar refractivity (Wildman–Crippen MR) is 73.5 cm³/mol. The van der Waals surface area contributed by atoms with Crippen LogP contribution < -0.4 is 5.32 Å². The van der Waals surface area contributed by atoms with Gasteiger partial charge in [0.1, 0.15) is 0 Å².